The van der Waals surface area contributed by atoms with E-state index in [2.05, 4.69) is 19.2 Å². The first-order valence-electron chi connectivity index (χ1n) is 8.82. The van der Waals surface area contributed by atoms with Crippen molar-refractivity contribution in [3.8, 4) is 0 Å². The fourth-order valence-corrected chi connectivity index (χ4v) is 6.92. The SMILES string of the molecule is CCC(N)(CC)c1nc(C23CC4CC(CC(C4)C2)C3)cs1. The summed E-state index contributed by atoms with van der Waals surface area (Å²) < 4.78 is 0. The first-order chi connectivity index (χ1) is 10.1. The van der Waals surface area contributed by atoms with E-state index >= 15 is 0 Å². The first kappa shape index (κ1) is 14.2. The van der Waals surface area contributed by atoms with Crippen LogP contribution in [0.4, 0.5) is 0 Å². The van der Waals surface area contributed by atoms with Crippen molar-refractivity contribution < 1.29 is 0 Å². The van der Waals surface area contributed by atoms with Crippen LogP contribution in [0, 0.1) is 17.8 Å². The highest BCUT2D eigenvalue weighted by atomic mass is 32.1. The lowest BCUT2D eigenvalue weighted by Gasteiger charge is -2.56. The summed E-state index contributed by atoms with van der Waals surface area (Å²) in [5.74, 6) is 2.96. The molecule has 4 bridgehead atoms. The minimum atomic E-state index is -0.203. The van der Waals surface area contributed by atoms with E-state index in [1.54, 1.807) is 0 Å². The number of rotatable bonds is 4. The second-order valence-corrected chi connectivity index (χ2v) is 8.96. The Morgan fingerprint density at radius 2 is 1.67 bits per heavy atom. The van der Waals surface area contributed by atoms with Gasteiger partial charge in [-0.3, -0.25) is 0 Å². The zero-order valence-electron chi connectivity index (χ0n) is 13.4. The van der Waals surface area contributed by atoms with Crippen molar-refractivity contribution in [1.29, 1.82) is 0 Å². The molecule has 3 heteroatoms. The maximum Gasteiger partial charge on any atom is 0.113 e. The topological polar surface area (TPSA) is 38.9 Å². The molecule has 5 rings (SSSR count). The molecule has 4 aliphatic carbocycles. The lowest BCUT2D eigenvalue weighted by atomic mass is 9.49. The molecule has 116 valence electrons. The molecule has 4 saturated carbocycles. The number of nitrogens with two attached hydrogens (primary N) is 1. The minimum absolute atomic E-state index is 0.203. The summed E-state index contributed by atoms with van der Waals surface area (Å²) in [6.45, 7) is 4.38. The second-order valence-electron chi connectivity index (χ2n) is 8.10. The van der Waals surface area contributed by atoms with E-state index in [1.807, 2.05) is 11.3 Å². The van der Waals surface area contributed by atoms with Crippen molar-refractivity contribution in [3.05, 3.63) is 16.1 Å². The van der Waals surface area contributed by atoms with Gasteiger partial charge in [-0.15, -0.1) is 11.3 Å². The Bertz CT molecular complexity index is 494. The Balaban J connectivity index is 1.67. The molecule has 0 aromatic carbocycles. The highest BCUT2D eigenvalue weighted by Gasteiger charge is 2.52. The normalized spacial score (nSPS) is 38.1. The maximum absolute atomic E-state index is 6.57. The van der Waals surface area contributed by atoms with Crippen molar-refractivity contribution >= 4 is 11.3 Å². The van der Waals surface area contributed by atoms with E-state index in [-0.39, 0.29) is 5.54 Å². The summed E-state index contributed by atoms with van der Waals surface area (Å²) in [5.41, 5.74) is 8.19. The molecule has 1 heterocycles. The van der Waals surface area contributed by atoms with Crippen molar-refractivity contribution in [1.82, 2.24) is 4.98 Å². The van der Waals surface area contributed by atoms with Crippen LogP contribution in [0.2, 0.25) is 0 Å². The van der Waals surface area contributed by atoms with Crippen LogP contribution in [-0.2, 0) is 11.0 Å². The van der Waals surface area contributed by atoms with Crippen molar-refractivity contribution in [2.24, 2.45) is 23.5 Å². The third kappa shape index (κ3) is 2.11. The number of thiazole rings is 1. The molecule has 1 aromatic heterocycles. The molecule has 0 amide bonds. The first-order valence-corrected chi connectivity index (χ1v) is 9.70. The maximum atomic E-state index is 6.57. The monoisotopic (exact) mass is 304 g/mol. The van der Waals surface area contributed by atoms with E-state index in [1.165, 1.54) is 49.2 Å². The van der Waals surface area contributed by atoms with E-state index in [0.717, 1.165) is 30.6 Å². The predicted molar refractivity (Wildman–Crippen MR) is 88.4 cm³/mol. The summed E-state index contributed by atoms with van der Waals surface area (Å²) in [5, 5.41) is 3.54. The zero-order chi connectivity index (χ0) is 14.7. The average Bonchev–Trinajstić information content (AvgIpc) is 2.96. The van der Waals surface area contributed by atoms with Crippen LogP contribution in [0.1, 0.15) is 75.9 Å². The Hall–Kier alpha value is -0.410. The van der Waals surface area contributed by atoms with Crippen LogP contribution in [-0.4, -0.2) is 4.98 Å². The van der Waals surface area contributed by atoms with E-state index in [9.17, 15) is 0 Å². The Labute approximate surface area is 132 Å². The van der Waals surface area contributed by atoms with Gasteiger partial charge >= 0.3 is 0 Å². The van der Waals surface area contributed by atoms with Gasteiger partial charge in [-0.05, 0) is 69.1 Å². The molecule has 0 saturated heterocycles. The third-order valence-corrected chi connectivity index (χ3v) is 7.84. The van der Waals surface area contributed by atoms with Gasteiger partial charge < -0.3 is 5.73 Å². The fourth-order valence-electron chi connectivity index (χ4n) is 5.72. The molecule has 0 spiro atoms. The summed E-state index contributed by atoms with van der Waals surface area (Å²) in [4.78, 5) is 5.11. The summed E-state index contributed by atoms with van der Waals surface area (Å²) in [7, 11) is 0. The second kappa shape index (κ2) is 4.79. The van der Waals surface area contributed by atoms with Crippen LogP contribution in [0.3, 0.4) is 0 Å². The molecule has 2 N–H and O–H groups in total. The summed E-state index contributed by atoms with van der Waals surface area (Å²) >= 11 is 1.82. The van der Waals surface area contributed by atoms with Gasteiger partial charge in [0.15, 0.2) is 0 Å². The lowest BCUT2D eigenvalue weighted by molar-refractivity contribution is -0.00705. The van der Waals surface area contributed by atoms with Gasteiger partial charge in [0, 0.05) is 10.8 Å². The molecular weight excluding hydrogens is 276 g/mol. The van der Waals surface area contributed by atoms with Gasteiger partial charge in [-0.25, -0.2) is 4.98 Å². The Morgan fingerprint density at radius 1 is 1.14 bits per heavy atom. The highest BCUT2D eigenvalue weighted by molar-refractivity contribution is 7.09. The number of aromatic nitrogens is 1. The van der Waals surface area contributed by atoms with Crippen LogP contribution in [0.25, 0.3) is 0 Å². The zero-order valence-corrected chi connectivity index (χ0v) is 14.2. The molecule has 21 heavy (non-hydrogen) atoms. The summed E-state index contributed by atoms with van der Waals surface area (Å²) in [6, 6.07) is 0. The molecule has 4 aliphatic rings. The smallest absolute Gasteiger partial charge is 0.113 e. The van der Waals surface area contributed by atoms with Gasteiger partial charge in [-0.1, -0.05) is 13.8 Å². The minimum Gasteiger partial charge on any atom is -0.319 e. The van der Waals surface area contributed by atoms with Crippen molar-refractivity contribution in [2.75, 3.05) is 0 Å². The predicted octanol–water partition coefficient (Wildman–Crippen LogP) is 4.58. The van der Waals surface area contributed by atoms with Crippen molar-refractivity contribution in [3.63, 3.8) is 0 Å². The van der Waals surface area contributed by atoms with Crippen LogP contribution >= 0.6 is 11.3 Å². The Kier molecular flexibility index (Phi) is 3.24. The number of hydrogen-bond donors (Lipinski definition) is 1. The lowest BCUT2D eigenvalue weighted by Crippen LogP contribution is -2.48. The van der Waals surface area contributed by atoms with Gasteiger partial charge in [0.05, 0.1) is 11.2 Å². The molecule has 0 aliphatic heterocycles. The molecule has 1 aromatic rings. The van der Waals surface area contributed by atoms with Crippen molar-refractivity contribution in [2.45, 2.75) is 76.2 Å². The van der Waals surface area contributed by atoms with Crippen LogP contribution in [0.5, 0.6) is 0 Å². The van der Waals surface area contributed by atoms with E-state index in [0.29, 0.717) is 5.41 Å². The quantitative estimate of drug-likeness (QED) is 0.884. The highest BCUT2D eigenvalue weighted by Crippen LogP contribution is 2.60. The molecule has 2 nitrogen and oxygen atoms in total. The fraction of sp³-hybridized carbons (Fsp3) is 0.833. The molecular formula is C18H28N2S. The van der Waals surface area contributed by atoms with Crippen LogP contribution in [0.15, 0.2) is 5.38 Å². The van der Waals surface area contributed by atoms with Gasteiger partial charge in [0.2, 0.25) is 0 Å². The molecule has 0 unspecified atom stereocenters. The van der Waals surface area contributed by atoms with Gasteiger partial charge in [0.25, 0.3) is 0 Å². The average molecular weight is 305 g/mol. The van der Waals surface area contributed by atoms with Crippen LogP contribution < -0.4 is 5.73 Å². The summed E-state index contributed by atoms with van der Waals surface area (Å²) in [6.07, 6.45) is 10.7. The Morgan fingerprint density at radius 3 is 2.14 bits per heavy atom. The standard InChI is InChI=1S/C18H28N2S/c1-3-18(19,4-2)16-20-15(11-21-16)17-8-12-5-13(9-17)7-14(6-12)10-17/h11-14H,3-10,19H2,1-2H3. The largest absolute Gasteiger partial charge is 0.319 e. The number of hydrogen-bond acceptors (Lipinski definition) is 3. The van der Waals surface area contributed by atoms with Gasteiger partial charge in [-0.2, -0.15) is 0 Å². The van der Waals surface area contributed by atoms with Gasteiger partial charge in [0.1, 0.15) is 5.01 Å². The van der Waals surface area contributed by atoms with E-state index < -0.39 is 0 Å². The van der Waals surface area contributed by atoms with E-state index in [4.69, 9.17) is 10.7 Å². The third-order valence-electron chi connectivity index (χ3n) is 6.77. The molecule has 4 fully saturated rings. The molecule has 0 radical (unpaired) electrons. The number of nitrogens with zero attached hydrogens (tertiary/aromatic N) is 1. The molecule has 0 atom stereocenters.